The van der Waals surface area contributed by atoms with Gasteiger partial charge in [-0.3, -0.25) is 48.9 Å². The van der Waals surface area contributed by atoms with E-state index in [0.29, 0.717) is 108 Å². The van der Waals surface area contributed by atoms with Crippen LogP contribution in [0.25, 0.3) is 10.8 Å². The molecule has 82 heavy (non-hydrogen) atoms. The quantitative estimate of drug-likeness (QED) is 0.0393. The second-order valence-electron chi connectivity index (χ2n) is 20.0. The lowest BCUT2D eigenvalue weighted by Crippen LogP contribution is -2.56. The maximum absolute atomic E-state index is 14.5. The summed E-state index contributed by atoms with van der Waals surface area (Å²) in [6, 6.07) is 28.0. The number of anilines is 6. The predicted molar refractivity (Wildman–Crippen MR) is 304 cm³/mol. The minimum atomic E-state index is -1.35. The first-order chi connectivity index (χ1) is 39.9. The molecular formula is C59H65N11O12. The van der Waals surface area contributed by atoms with Crippen molar-refractivity contribution in [3.8, 4) is 17.2 Å². The number of aliphatic hydroxyl groups is 1. The molecule has 6 aromatic rings. The lowest BCUT2D eigenvalue weighted by Gasteiger charge is -2.39. The van der Waals surface area contributed by atoms with Crippen molar-refractivity contribution in [1.29, 1.82) is 0 Å². The zero-order valence-electron chi connectivity index (χ0n) is 45.9. The molecule has 0 radical (unpaired) electrons. The zero-order chi connectivity index (χ0) is 57.3. The van der Waals surface area contributed by atoms with Gasteiger partial charge in [-0.1, -0.05) is 37.3 Å². The monoisotopic (exact) mass is 1120 g/mol. The number of hydrogen-bond donors (Lipinski definition) is 5. The Balaban J connectivity index is 0.643. The summed E-state index contributed by atoms with van der Waals surface area (Å²) < 4.78 is 28.4. The van der Waals surface area contributed by atoms with Gasteiger partial charge in [-0.15, -0.1) is 0 Å². The Labute approximate surface area is 473 Å². The number of fused-ring (bicyclic) bond motifs is 1. The number of benzene rings is 5. The number of methoxy groups -OCH3 is 2. The normalized spacial score (nSPS) is 17.1. The van der Waals surface area contributed by atoms with Crippen molar-refractivity contribution in [1.82, 2.24) is 30.4 Å². The molecule has 23 heteroatoms. The number of aromatic nitrogens is 2. The number of amides is 7. The van der Waals surface area contributed by atoms with Gasteiger partial charge in [0.15, 0.2) is 6.23 Å². The molecule has 2 atom stereocenters. The summed E-state index contributed by atoms with van der Waals surface area (Å²) in [5.74, 6) is 0.563. The minimum absolute atomic E-state index is 0.0651. The van der Waals surface area contributed by atoms with Crippen molar-refractivity contribution in [2.45, 2.75) is 51.5 Å². The van der Waals surface area contributed by atoms with E-state index in [1.165, 1.54) is 0 Å². The molecule has 4 aliphatic heterocycles. The first kappa shape index (κ1) is 56.4. The van der Waals surface area contributed by atoms with Gasteiger partial charge in [0.1, 0.15) is 35.7 Å². The van der Waals surface area contributed by atoms with Crippen LogP contribution < -0.4 is 50.2 Å². The number of rotatable bonds is 23. The van der Waals surface area contributed by atoms with Gasteiger partial charge in [-0.2, -0.15) is 4.98 Å². The average molecular weight is 1120 g/mol. The Morgan fingerprint density at radius 3 is 2.22 bits per heavy atom. The molecule has 5 heterocycles. The van der Waals surface area contributed by atoms with Gasteiger partial charge in [-0.25, -0.2) is 9.78 Å². The van der Waals surface area contributed by atoms with E-state index < -0.39 is 30.0 Å². The first-order valence-corrected chi connectivity index (χ1v) is 27.2. The van der Waals surface area contributed by atoms with Crippen LogP contribution in [0.4, 0.5) is 39.3 Å². The fourth-order valence-electron chi connectivity index (χ4n) is 10.4. The molecule has 1 aromatic heterocycles. The molecule has 0 spiro atoms. The van der Waals surface area contributed by atoms with Crippen molar-refractivity contribution in [2.24, 2.45) is 0 Å². The summed E-state index contributed by atoms with van der Waals surface area (Å²) >= 11 is 0. The van der Waals surface area contributed by atoms with Gasteiger partial charge in [0.25, 0.3) is 5.91 Å². The number of imide groups is 1. The number of carbonyl (C=O) groups excluding carboxylic acids is 6. The van der Waals surface area contributed by atoms with Gasteiger partial charge in [-0.05, 0) is 65.9 Å². The minimum Gasteiger partial charge on any atom is -0.497 e. The fourth-order valence-corrected chi connectivity index (χ4v) is 10.4. The van der Waals surface area contributed by atoms with E-state index >= 15 is 0 Å². The second-order valence-corrected chi connectivity index (χ2v) is 20.0. The molecule has 2 fully saturated rings. The summed E-state index contributed by atoms with van der Waals surface area (Å²) in [4.78, 5) is 95.8. The number of nitrogens with zero attached hydrogens (tertiary/aromatic N) is 7. The highest BCUT2D eigenvalue weighted by Crippen LogP contribution is 2.41. The highest BCUT2D eigenvalue weighted by atomic mass is 16.5. The largest absolute Gasteiger partial charge is 0.497 e. The lowest BCUT2D eigenvalue weighted by molar-refractivity contribution is -0.140. The number of piperazine rings is 1. The van der Waals surface area contributed by atoms with Crippen LogP contribution in [0, 0.1) is 0 Å². The number of carbonyl (C=O) groups is 6. The van der Waals surface area contributed by atoms with Gasteiger partial charge in [0, 0.05) is 104 Å². The molecule has 0 saturated carbocycles. The molecule has 0 aliphatic carbocycles. The standard InChI is InChI=1S/C59H65N11O12/c1-4-50(71)62-40-10-8-37(9-11-40)34-69-54-39(35-68(59(69)77)43-29-44(78-2)31-45(30-43)79-3)33-61-58(65-54)63-41-12-14-42(15-13-41)67-21-19-66(20-22-67)36-52(73)60-18-23-80-24-25-81-26-27-82-46-28-38-6-5-7-47-53(38)48(32-46)57(76)70(56(47)75)49-16-17-51(72)64-55(49)74/h5-15,28-33,49,56,75H,4,16-27,34-36H2,1-3H3,(H,60,73)(H,62,71)(H,61,63,65)(H,64,72,74). The Hall–Kier alpha value is -8.90. The molecule has 10 rings (SSSR count). The Bertz CT molecular complexity index is 3320. The fraction of sp³-hybridized carbons (Fsp3) is 0.356. The van der Waals surface area contributed by atoms with Crippen LogP contribution in [0.15, 0.2) is 103 Å². The SMILES string of the molecule is CCC(=O)Nc1ccc(CN2C(=O)N(c3cc(OC)cc(OC)c3)Cc3cnc(Nc4ccc(N5CCN(CC(=O)NCCOCCOCCOc6cc7c8c(cccc8c6)C(O)N(C6CCC(=O)NC6=O)C7=O)CC5)cc4)nc32)cc1. The van der Waals surface area contributed by atoms with Gasteiger partial charge >= 0.3 is 6.03 Å². The third-order valence-corrected chi connectivity index (χ3v) is 14.6. The van der Waals surface area contributed by atoms with Crippen LogP contribution in [0.1, 0.15) is 59.5 Å². The van der Waals surface area contributed by atoms with Crippen LogP contribution in [0.5, 0.6) is 17.2 Å². The van der Waals surface area contributed by atoms with Crippen molar-refractivity contribution in [3.05, 3.63) is 126 Å². The maximum Gasteiger partial charge on any atom is 0.330 e. The molecule has 5 N–H and O–H groups in total. The number of urea groups is 1. The Morgan fingerprint density at radius 1 is 0.780 bits per heavy atom. The predicted octanol–water partition coefficient (Wildman–Crippen LogP) is 5.49. The first-order valence-electron chi connectivity index (χ1n) is 27.2. The zero-order valence-corrected chi connectivity index (χ0v) is 45.9. The van der Waals surface area contributed by atoms with Crippen LogP contribution in [-0.4, -0.2) is 153 Å². The average Bonchev–Trinajstić information content (AvgIpc) is 3.06. The number of aliphatic hydroxyl groups excluding tert-OH is 1. The van der Waals surface area contributed by atoms with E-state index in [1.807, 2.05) is 54.6 Å². The van der Waals surface area contributed by atoms with Crippen molar-refractivity contribution in [2.75, 3.05) is 112 Å². The lowest BCUT2D eigenvalue weighted by atomic mass is 9.91. The topological polar surface area (TPSA) is 259 Å². The highest BCUT2D eigenvalue weighted by Gasteiger charge is 2.43. The Kier molecular flexibility index (Phi) is 17.7. The summed E-state index contributed by atoms with van der Waals surface area (Å²) in [7, 11) is 3.12. The van der Waals surface area contributed by atoms with E-state index in [4.69, 9.17) is 28.7 Å². The molecule has 428 valence electrons. The molecule has 23 nitrogen and oxygen atoms in total. The van der Waals surface area contributed by atoms with Crippen molar-refractivity contribution >= 4 is 80.9 Å². The molecule has 5 aromatic carbocycles. The highest BCUT2D eigenvalue weighted by molar-refractivity contribution is 6.13. The summed E-state index contributed by atoms with van der Waals surface area (Å²) in [6.07, 6.45) is 0.916. The third kappa shape index (κ3) is 13.0. The van der Waals surface area contributed by atoms with Gasteiger partial charge in [0.05, 0.1) is 71.5 Å². The molecule has 7 amide bonds. The summed E-state index contributed by atoms with van der Waals surface area (Å²) in [6.45, 7) is 7.10. The van der Waals surface area contributed by atoms with Crippen LogP contribution in [0.3, 0.4) is 0 Å². The number of nitrogens with one attached hydrogen (secondary N) is 4. The van der Waals surface area contributed by atoms with E-state index in [1.54, 1.807) is 79.6 Å². The molecular weight excluding hydrogens is 1050 g/mol. The smallest absolute Gasteiger partial charge is 0.330 e. The molecule has 2 saturated heterocycles. The molecule has 4 aliphatic rings. The van der Waals surface area contributed by atoms with Gasteiger partial charge in [0.2, 0.25) is 29.6 Å². The summed E-state index contributed by atoms with van der Waals surface area (Å²) in [5.41, 5.74) is 5.40. The van der Waals surface area contributed by atoms with Crippen LogP contribution >= 0.6 is 0 Å². The maximum atomic E-state index is 14.5. The Morgan fingerprint density at radius 2 is 1.50 bits per heavy atom. The van der Waals surface area contributed by atoms with E-state index in [9.17, 15) is 33.9 Å². The van der Waals surface area contributed by atoms with Crippen LogP contribution in [0.2, 0.25) is 0 Å². The number of hydrogen-bond acceptors (Lipinski definition) is 17. The number of ether oxygens (including phenoxy) is 5. The van der Waals surface area contributed by atoms with Gasteiger partial charge < -0.3 is 49.6 Å². The van der Waals surface area contributed by atoms with E-state index in [2.05, 4.69) is 36.1 Å². The number of piperidine rings is 1. The third-order valence-electron chi connectivity index (χ3n) is 14.6. The van der Waals surface area contributed by atoms with Crippen molar-refractivity contribution < 1.29 is 57.6 Å². The summed E-state index contributed by atoms with van der Waals surface area (Å²) in [5, 5.41) is 23.9. The van der Waals surface area contributed by atoms with E-state index in [-0.39, 0.29) is 63.5 Å². The second kappa shape index (κ2) is 25.7. The van der Waals surface area contributed by atoms with E-state index in [0.717, 1.165) is 40.5 Å². The molecule has 0 bridgehead atoms. The molecule has 2 unspecified atom stereocenters. The van der Waals surface area contributed by atoms with Crippen molar-refractivity contribution in [3.63, 3.8) is 0 Å². The van der Waals surface area contributed by atoms with Crippen LogP contribution in [-0.2, 0) is 41.7 Å².